The maximum Gasteiger partial charge on any atom is 0.338 e. The van der Waals surface area contributed by atoms with Crippen molar-refractivity contribution in [2.24, 2.45) is 0 Å². The van der Waals surface area contributed by atoms with E-state index in [0.29, 0.717) is 16.8 Å². The lowest BCUT2D eigenvalue weighted by Gasteiger charge is -2.16. The number of aliphatic hydroxyl groups is 1. The smallest absolute Gasteiger partial charge is 0.338 e. The number of nitrogens with one attached hydrogen (secondary N) is 1. The van der Waals surface area contributed by atoms with Gasteiger partial charge >= 0.3 is 11.9 Å². The van der Waals surface area contributed by atoms with E-state index in [1.165, 1.54) is 19.1 Å². The van der Waals surface area contributed by atoms with Gasteiger partial charge in [0.05, 0.1) is 38.5 Å². The Kier molecular flexibility index (Phi) is 5.76. The number of anilines is 1. The second-order valence-corrected chi connectivity index (χ2v) is 5.39. The largest absolute Gasteiger partial charge is 0.466 e. The van der Waals surface area contributed by atoms with Crippen LogP contribution < -0.4 is 5.32 Å². The number of β-amino-alcohol motifs (C(OH)–C–C–N with tert-alkyl or cyclic N) is 1. The summed E-state index contributed by atoms with van der Waals surface area (Å²) >= 11 is 0. The van der Waals surface area contributed by atoms with Crippen LogP contribution in [0.15, 0.2) is 29.5 Å². The molecule has 0 atom stereocenters. The molecule has 1 amide bonds. The fourth-order valence-corrected chi connectivity index (χ4v) is 2.59. The summed E-state index contributed by atoms with van der Waals surface area (Å²) in [6.45, 7) is 1.64. The van der Waals surface area contributed by atoms with Crippen molar-refractivity contribution in [1.29, 1.82) is 0 Å². The summed E-state index contributed by atoms with van der Waals surface area (Å²) in [4.78, 5) is 37.6. The van der Waals surface area contributed by atoms with Crippen LogP contribution in [-0.4, -0.2) is 61.8 Å². The molecule has 0 saturated heterocycles. The van der Waals surface area contributed by atoms with Crippen molar-refractivity contribution in [2.45, 2.75) is 6.92 Å². The van der Waals surface area contributed by atoms with Gasteiger partial charge in [0.15, 0.2) is 0 Å². The number of carbonyl (C=O) groups excluding carboxylic acids is 3. The molecule has 1 aliphatic rings. The van der Waals surface area contributed by atoms with Crippen LogP contribution in [0.25, 0.3) is 0 Å². The molecule has 8 heteroatoms. The minimum absolute atomic E-state index is 0.0458. The molecule has 0 saturated carbocycles. The molecule has 0 aromatic heterocycles. The lowest BCUT2D eigenvalue weighted by Crippen LogP contribution is -2.31. The van der Waals surface area contributed by atoms with Crippen LogP contribution in [-0.2, 0) is 19.1 Å². The number of ether oxygens (including phenoxy) is 2. The molecular formula is C17H20N2O6. The van der Waals surface area contributed by atoms with Gasteiger partial charge in [-0.1, -0.05) is 6.07 Å². The van der Waals surface area contributed by atoms with E-state index in [-0.39, 0.29) is 31.0 Å². The highest BCUT2D eigenvalue weighted by Gasteiger charge is 2.34. The average Bonchev–Trinajstić information content (AvgIpc) is 2.92. The molecule has 0 unspecified atom stereocenters. The van der Waals surface area contributed by atoms with Crippen LogP contribution in [0.1, 0.15) is 15.9 Å². The highest BCUT2D eigenvalue weighted by molar-refractivity contribution is 6.08. The highest BCUT2D eigenvalue weighted by atomic mass is 16.5. The van der Waals surface area contributed by atoms with Crippen LogP contribution in [0.5, 0.6) is 0 Å². The lowest BCUT2D eigenvalue weighted by atomic mass is 10.1. The first-order chi connectivity index (χ1) is 11.9. The van der Waals surface area contributed by atoms with Crippen LogP contribution in [0.3, 0.4) is 0 Å². The van der Waals surface area contributed by atoms with Crippen LogP contribution >= 0.6 is 0 Å². The summed E-state index contributed by atoms with van der Waals surface area (Å²) in [5, 5.41) is 12.0. The first kappa shape index (κ1) is 18.5. The van der Waals surface area contributed by atoms with E-state index in [1.54, 1.807) is 25.1 Å². The quantitative estimate of drug-likeness (QED) is 0.719. The fraction of sp³-hybridized carbons (Fsp3) is 0.353. The molecule has 0 spiro atoms. The van der Waals surface area contributed by atoms with Crippen molar-refractivity contribution < 1.29 is 29.0 Å². The topological polar surface area (TPSA) is 105 Å². The molecule has 0 radical (unpaired) electrons. The predicted octanol–water partition coefficient (Wildman–Crippen LogP) is 0.455. The number of nitrogens with zero attached hydrogens (tertiary/aromatic N) is 1. The van der Waals surface area contributed by atoms with Crippen LogP contribution in [0.4, 0.5) is 5.69 Å². The van der Waals surface area contributed by atoms with Gasteiger partial charge in [-0.15, -0.1) is 0 Å². The zero-order valence-corrected chi connectivity index (χ0v) is 14.3. The van der Waals surface area contributed by atoms with Crippen LogP contribution in [0.2, 0.25) is 0 Å². The maximum absolute atomic E-state index is 12.5. The molecule has 1 heterocycles. The maximum atomic E-state index is 12.5. The molecule has 134 valence electrons. The zero-order valence-electron chi connectivity index (χ0n) is 14.3. The first-order valence-electron chi connectivity index (χ1n) is 7.61. The van der Waals surface area contributed by atoms with Gasteiger partial charge in [-0.25, -0.2) is 9.59 Å². The number of aliphatic hydroxyl groups excluding tert-OH is 1. The number of methoxy groups -OCH3 is 2. The minimum Gasteiger partial charge on any atom is -0.466 e. The molecule has 0 aliphatic carbocycles. The number of esters is 2. The Morgan fingerprint density at radius 1 is 1.24 bits per heavy atom. The molecule has 8 nitrogen and oxygen atoms in total. The van der Waals surface area contributed by atoms with Crippen molar-refractivity contribution in [3.63, 3.8) is 0 Å². The van der Waals surface area contributed by atoms with Gasteiger partial charge in [-0.05, 0) is 24.6 Å². The fourth-order valence-electron chi connectivity index (χ4n) is 2.59. The minimum atomic E-state index is -0.627. The third-order valence-corrected chi connectivity index (χ3v) is 3.95. The van der Waals surface area contributed by atoms with Crippen molar-refractivity contribution in [3.8, 4) is 0 Å². The summed E-state index contributed by atoms with van der Waals surface area (Å²) in [5.74, 6) is -1.54. The number of benzene rings is 1. The van der Waals surface area contributed by atoms with Gasteiger partial charge < -0.3 is 24.8 Å². The van der Waals surface area contributed by atoms with Gasteiger partial charge in [-0.3, -0.25) is 4.79 Å². The monoisotopic (exact) mass is 348 g/mol. The Morgan fingerprint density at radius 3 is 2.52 bits per heavy atom. The molecule has 2 rings (SSSR count). The molecule has 2 N–H and O–H groups in total. The third-order valence-electron chi connectivity index (χ3n) is 3.95. The van der Waals surface area contributed by atoms with E-state index in [9.17, 15) is 14.4 Å². The second-order valence-electron chi connectivity index (χ2n) is 5.39. The summed E-state index contributed by atoms with van der Waals surface area (Å²) in [6.07, 6.45) is 0. The molecular weight excluding hydrogens is 328 g/mol. The molecule has 1 aromatic rings. The molecule has 1 aromatic carbocycles. The van der Waals surface area contributed by atoms with E-state index in [4.69, 9.17) is 14.6 Å². The lowest BCUT2D eigenvalue weighted by molar-refractivity contribution is -0.136. The van der Waals surface area contributed by atoms with E-state index >= 15 is 0 Å². The standard InChI is InChI=1S/C17H20N2O6/c1-10-11(16(22)24-2)5-4-6-13(10)18-14-12(17(23)25-3)9-19(7-8-20)15(14)21/h4-6,18,20H,7-9H2,1-3H3. The highest BCUT2D eigenvalue weighted by Crippen LogP contribution is 2.26. The number of amides is 1. The molecule has 0 fully saturated rings. The predicted molar refractivity (Wildman–Crippen MR) is 88.8 cm³/mol. The van der Waals surface area contributed by atoms with Crippen molar-refractivity contribution in [3.05, 3.63) is 40.6 Å². The van der Waals surface area contributed by atoms with E-state index in [0.717, 1.165) is 0 Å². The van der Waals surface area contributed by atoms with Crippen LogP contribution in [0, 0.1) is 6.92 Å². The summed E-state index contributed by atoms with van der Waals surface area (Å²) in [5.41, 5.74) is 1.68. The Labute approximate surface area is 145 Å². The average molecular weight is 348 g/mol. The Morgan fingerprint density at radius 2 is 1.92 bits per heavy atom. The van der Waals surface area contributed by atoms with Gasteiger partial charge in [-0.2, -0.15) is 0 Å². The van der Waals surface area contributed by atoms with Crippen molar-refractivity contribution in [2.75, 3.05) is 39.2 Å². The van der Waals surface area contributed by atoms with E-state index < -0.39 is 17.8 Å². The molecule has 1 aliphatic heterocycles. The third kappa shape index (κ3) is 3.63. The molecule has 25 heavy (non-hydrogen) atoms. The Hall–Kier alpha value is -2.87. The van der Waals surface area contributed by atoms with Crippen molar-refractivity contribution >= 4 is 23.5 Å². The van der Waals surface area contributed by atoms with Gasteiger partial charge in [0.2, 0.25) is 0 Å². The number of hydrogen-bond donors (Lipinski definition) is 2. The first-order valence-corrected chi connectivity index (χ1v) is 7.61. The Bertz CT molecular complexity index is 741. The summed E-state index contributed by atoms with van der Waals surface area (Å²) < 4.78 is 9.47. The normalized spacial score (nSPS) is 13.9. The van der Waals surface area contributed by atoms with Gasteiger partial charge in [0.1, 0.15) is 5.70 Å². The van der Waals surface area contributed by atoms with Gasteiger partial charge in [0, 0.05) is 12.2 Å². The summed E-state index contributed by atoms with van der Waals surface area (Å²) in [6, 6.07) is 4.94. The number of carbonyl (C=O) groups is 3. The number of hydrogen-bond acceptors (Lipinski definition) is 7. The van der Waals surface area contributed by atoms with E-state index in [1.807, 2.05) is 0 Å². The molecule has 0 bridgehead atoms. The van der Waals surface area contributed by atoms with Gasteiger partial charge in [0.25, 0.3) is 5.91 Å². The second kappa shape index (κ2) is 7.80. The SMILES string of the molecule is COC(=O)C1=C(Nc2cccc(C(=O)OC)c2C)C(=O)N(CCO)C1. The zero-order chi connectivity index (χ0) is 18.6. The Balaban J connectivity index is 2.40. The number of rotatable bonds is 6. The van der Waals surface area contributed by atoms with Crippen molar-refractivity contribution in [1.82, 2.24) is 4.90 Å². The van der Waals surface area contributed by atoms with E-state index in [2.05, 4.69) is 5.32 Å². The summed E-state index contributed by atoms with van der Waals surface area (Å²) in [7, 11) is 2.52.